The molecule has 0 atom stereocenters. The molecule has 0 spiro atoms. The number of fused-ring (bicyclic) bond motifs is 2. The standard InChI is InChI=1S/C20H20Br2N4/c21-18(22)12-2-1-7-13-26-17-11-6-5-10-16(17)25-20(26)19-23-14-8-3-4-9-15(14)24-19/h3-6,8-11,18H,1-2,7,12-13H2,(H,23,24). The highest BCUT2D eigenvalue weighted by atomic mass is 79.9. The van der Waals surface area contributed by atoms with E-state index < -0.39 is 0 Å². The Bertz CT molecular complexity index is 986. The Kier molecular flexibility index (Phi) is 5.41. The van der Waals surface area contributed by atoms with Gasteiger partial charge in [-0.3, -0.25) is 0 Å². The highest BCUT2D eigenvalue weighted by molar-refractivity contribution is 9.24. The summed E-state index contributed by atoms with van der Waals surface area (Å²) in [6.45, 7) is 0.947. The van der Waals surface area contributed by atoms with Gasteiger partial charge < -0.3 is 9.55 Å². The van der Waals surface area contributed by atoms with Gasteiger partial charge in [-0.1, -0.05) is 69.0 Å². The van der Waals surface area contributed by atoms with Gasteiger partial charge in [-0.2, -0.15) is 0 Å². The number of alkyl halides is 2. The lowest BCUT2D eigenvalue weighted by molar-refractivity contribution is 0.593. The van der Waals surface area contributed by atoms with Crippen LogP contribution < -0.4 is 0 Å². The average Bonchev–Trinajstić information content (AvgIpc) is 3.22. The van der Waals surface area contributed by atoms with Crippen LogP contribution in [0, 0.1) is 0 Å². The molecule has 0 fully saturated rings. The lowest BCUT2D eigenvalue weighted by Crippen LogP contribution is -2.02. The van der Waals surface area contributed by atoms with Crippen LogP contribution in [0.25, 0.3) is 33.7 Å². The van der Waals surface area contributed by atoms with Gasteiger partial charge in [-0.05, 0) is 37.1 Å². The molecule has 0 bridgehead atoms. The molecule has 0 aliphatic rings. The van der Waals surface area contributed by atoms with Crippen LogP contribution in [0.5, 0.6) is 0 Å². The molecule has 2 aromatic heterocycles. The molecule has 4 nitrogen and oxygen atoms in total. The Morgan fingerprint density at radius 2 is 1.65 bits per heavy atom. The number of H-pyrrole nitrogens is 1. The van der Waals surface area contributed by atoms with Crippen molar-refractivity contribution in [1.82, 2.24) is 19.5 Å². The van der Waals surface area contributed by atoms with Crippen molar-refractivity contribution in [2.24, 2.45) is 0 Å². The fourth-order valence-corrected chi connectivity index (χ4v) is 3.93. The third-order valence-electron chi connectivity index (χ3n) is 4.56. The monoisotopic (exact) mass is 474 g/mol. The van der Waals surface area contributed by atoms with Gasteiger partial charge in [0.15, 0.2) is 11.6 Å². The number of nitrogens with zero attached hydrogens (tertiary/aromatic N) is 3. The second kappa shape index (κ2) is 7.92. The Labute approximate surface area is 169 Å². The van der Waals surface area contributed by atoms with Crippen LogP contribution >= 0.6 is 31.9 Å². The lowest BCUT2D eigenvalue weighted by Gasteiger charge is -2.08. The molecular weight excluding hydrogens is 456 g/mol. The van der Waals surface area contributed by atoms with Gasteiger partial charge in [0.05, 0.1) is 25.8 Å². The van der Waals surface area contributed by atoms with Crippen molar-refractivity contribution in [2.75, 3.05) is 0 Å². The van der Waals surface area contributed by atoms with E-state index in [1.807, 2.05) is 24.3 Å². The summed E-state index contributed by atoms with van der Waals surface area (Å²) in [4.78, 5) is 13.0. The number of aryl methyl sites for hydroxylation is 1. The zero-order chi connectivity index (χ0) is 17.9. The highest BCUT2D eigenvalue weighted by Gasteiger charge is 2.15. The number of imidazole rings is 2. The maximum Gasteiger partial charge on any atom is 0.177 e. The Balaban J connectivity index is 1.65. The summed E-state index contributed by atoms with van der Waals surface area (Å²) < 4.78 is 2.71. The molecule has 2 heterocycles. The van der Waals surface area contributed by atoms with Crippen LogP contribution in [0.15, 0.2) is 48.5 Å². The molecule has 2 aromatic carbocycles. The largest absolute Gasteiger partial charge is 0.335 e. The summed E-state index contributed by atoms with van der Waals surface area (Å²) in [5.74, 6) is 1.75. The van der Waals surface area contributed by atoms with Crippen molar-refractivity contribution in [2.45, 2.75) is 36.0 Å². The van der Waals surface area contributed by atoms with E-state index in [4.69, 9.17) is 9.97 Å². The fourth-order valence-electron chi connectivity index (χ4n) is 3.29. The van der Waals surface area contributed by atoms with E-state index in [1.165, 1.54) is 18.4 Å². The van der Waals surface area contributed by atoms with Crippen molar-refractivity contribution < 1.29 is 0 Å². The number of benzene rings is 2. The topological polar surface area (TPSA) is 46.5 Å². The maximum atomic E-state index is 4.86. The zero-order valence-corrected chi connectivity index (χ0v) is 17.5. The van der Waals surface area contributed by atoms with Crippen molar-refractivity contribution in [3.8, 4) is 11.6 Å². The van der Waals surface area contributed by atoms with E-state index in [0.717, 1.165) is 47.6 Å². The Morgan fingerprint density at radius 3 is 2.46 bits per heavy atom. The van der Waals surface area contributed by atoms with E-state index in [1.54, 1.807) is 0 Å². The third kappa shape index (κ3) is 3.71. The van der Waals surface area contributed by atoms with Gasteiger partial charge in [0, 0.05) is 6.54 Å². The SMILES string of the molecule is BrC(Br)CCCCCn1c(-c2nc3ccccc3[nH]2)nc2ccccc21. The number of aromatic amines is 1. The van der Waals surface area contributed by atoms with E-state index in [9.17, 15) is 0 Å². The summed E-state index contributed by atoms with van der Waals surface area (Å²) >= 11 is 7.09. The van der Waals surface area contributed by atoms with Crippen molar-refractivity contribution in [3.63, 3.8) is 0 Å². The summed E-state index contributed by atoms with van der Waals surface area (Å²) in [7, 11) is 0. The van der Waals surface area contributed by atoms with E-state index in [0.29, 0.717) is 3.74 Å². The minimum atomic E-state index is 0.412. The maximum absolute atomic E-state index is 4.86. The van der Waals surface area contributed by atoms with Crippen LogP contribution in [-0.2, 0) is 6.54 Å². The fraction of sp³-hybridized carbons (Fsp3) is 0.300. The zero-order valence-electron chi connectivity index (χ0n) is 14.3. The number of hydrogen-bond acceptors (Lipinski definition) is 2. The quantitative estimate of drug-likeness (QED) is 0.253. The highest BCUT2D eigenvalue weighted by Crippen LogP contribution is 2.26. The molecule has 4 rings (SSSR count). The summed E-state index contributed by atoms with van der Waals surface area (Å²) in [6.07, 6.45) is 4.66. The van der Waals surface area contributed by atoms with Crippen molar-refractivity contribution in [3.05, 3.63) is 48.5 Å². The molecule has 0 radical (unpaired) electrons. The average molecular weight is 476 g/mol. The van der Waals surface area contributed by atoms with Gasteiger partial charge in [0.25, 0.3) is 0 Å². The molecule has 1 N–H and O–H groups in total. The molecule has 6 heteroatoms. The molecule has 134 valence electrons. The van der Waals surface area contributed by atoms with Gasteiger partial charge in [0.1, 0.15) is 0 Å². The van der Waals surface area contributed by atoms with Gasteiger partial charge >= 0.3 is 0 Å². The first-order valence-electron chi connectivity index (χ1n) is 8.91. The first-order chi connectivity index (χ1) is 12.7. The van der Waals surface area contributed by atoms with Crippen molar-refractivity contribution in [1.29, 1.82) is 0 Å². The predicted molar refractivity (Wildman–Crippen MR) is 115 cm³/mol. The van der Waals surface area contributed by atoms with Crippen LogP contribution in [-0.4, -0.2) is 23.3 Å². The number of para-hydroxylation sites is 4. The van der Waals surface area contributed by atoms with Crippen LogP contribution in [0.1, 0.15) is 25.7 Å². The molecule has 0 saturated heterocycles. The summed E-state index contributed by atoms with van der Waals surface area (Å²) in [5, 5.41) is 0. The number of rotatable bonds is 7. The van der Waals surface area contributed by atoms with E-state index >= 15 is 0 Å². The normalized spacial score (nSPS) is 11.8. The van der Waals surface area contributed by atoms with Crippen LogP contribution in [0.2, 0.25) is 0 Å². The van der Waals surface area contributed by atoms with Crippen LogP contribution in [0.3, 0.4) is 0 Å². The van der Waals surface area contributed by atoms with Gasteiger partial charge in [-0.25, -0.2) is 9.97 Å². The van der Waals surface area contributed by atoms with Crippen LogP contribution in [0.4, 0.5) is 0 Å². The van der Waals surface area contributed by atoms with Gasteiger partial charge in [0.2, 0.25) is 0 Å². The molecular formula is C20H20Br2N4. The Hall–Kier alpha value is -1.66. The van der Waals surface area contributed by atoms with E-state index in [2.05, 4.69) is 65.7 Å². The first kappa shape index (κ1) is 17.7. The number of nitrogens with one attached hydrogen (secondary N) is 1. The summed E-state index contributed by atoms with van der Waals surface area (Å²) in [6, 6.07) is 16.4. The smallest absolute Gasteiger partial charge is 0.177 e. The lowest BCUT2D eigenvalue weighted by atomic mass is 10.2. The molecule has 0 aliphatic heterocycles. The van der Waals surface area contributed by atoms with Gasteiger partial charge in [-0.15, -0.1) is 0 Å². The molecule has 0 saturated carbocycles. The number of aromatic nitrogens is 4. The third-order valence-corrected chi connectivity index (χ3v) is 5.48. The predicted octanol–water partition coefficient (Wildman–Crippen LogP) is 6.26. The van der Waals surface area contributed by atoms with E-state index in [-0.39, 0.29) is 0 Å². The molecule has 0 amide bonds. The van der Waals surface area contributed by atoms with Crippen molar-refractivity contribution >= 4 is 53.9 Å². The number of halogens is 2. The summed E-state index contributed by atoms with van der Waals surface area (Å²) in [5.41, 5.74) is 4.20. The number of unbranched alkanes of at least 4 members (excludes halogenated alkanes) is 2. The molecule has 4 aromatic rings. The minimum Gasteiger partial charge on any atom is -0.335 e. The first-order valence-corrected chi connectivity index (χ1v) is 10.7. The number of hydrogen-bond donors (Lipinski definition) is 1. The molecule has 0 unspecified atom stereocenters. The minimum absolute atomic E-state index is 0.412. The molecule has 26 heavy (non-hydrogen) atoms. The Morgan fingerprint density at radius 1 is 0.885 bits per heavy atom. The molecule has 0 aliphatic carbocycles. The second-order valence-electron chi connectivity index (χ2n) is 6.42. The second-order valence-corrected chi connectivity index (χ2v) is 9.86.